The lowest BCUT2D eigenvalue weighted by molar-refractivity contribution is 0.252. The van der Waals surface area contributed by atoms with E-state index in [1.165, 1.54) is 0 Å². The summed E-state index contributed by atoms with van der Waals surface area (Å²) in [4.78, 5) is 14.3. The van der Waals surface area contributed by atoms with Crippen LogP contribution >= 0.6 is 0 Å². The third-order valence-electron chi connectivity index (χ3n) is 2.83. The Morgan fingerprint density at radius 1 is 1.04 bits per heavy atom. The van der Waals surface area contributed by atoms with Gasteiger partial charge in [-0.1, -0.05) is 6.92 Å². The summed E-state index contributed by atoms with van der Waals surface area (Å²) in [6, 6.07) is 7.66. The van der Waals surface area contributed by atoms with Crippen LogP contribution in [0.15, 0.2) is 5.57 Å². The highest BCUT2D eigenvalue weighted by Gasteiger charge is 2.23. The molecule has 0 aliphatic carbocycles. The number of carbonyl (C=O) groups excluding carboxylic acids is 1. The molecule has 3 N–H and O–H groups in total. The van der Waals surface area contributed by atoms with Crippen LogP contribution in [0.3, 0.4) is 0 Å². The average molecular weight is 318 g/mol. The maximum atomic E-state index is 11.7. The Morgan fingerprint density at radius 2 is 1.67 bits per heavy atom. The molecule has 0 saturated heterocycles. The molecule has 9 nitrogen and oxygen atoms in total. The quantitative estimate of drug-likeness (QED) is 0.710. The number of anilines is 1. The van der Waals surface area contributed by atoms with Crippen molar-refractivity contribution in [2.24, 2.45) is 0 Å². The van der Waals surface area contributed by atoms with Gasteiger partial charge in [-0.3, -0.25) is 5.32 Å². The Labute approximate surface area is 137 Å². The fourth-order valence-electron chi connectivity index (χ4n) is 1.77. The summed E-state index contributed by atoms with van der Waals surface area (Å²) in [6.07, 6.45) is 0.701. The standard InChI is InChI=1S/C15H10N8O/c1-2-3-21-15(24)23-14-12(8-20)11(7-19)13(22-14)10(6-18)9(4-16)5-17/h22H,2-3H2,1H3,(H2,21,23,24). The van der Waals surface area contributed by atoms with Gasteiger partial charge in [-0.2, -0.15) is 26.3 Å². The number of H-pyrrole nitrogens is 1. The largest absolute Gasteiger partial charge is 0.338 e. The first kappa shape index (κ1) is 17.8. The van der Waals surface area contributed by atoms with Crippen molar-refractivity contribution in [2.45, 2.75) is 13.3 Å². The normalized spacial score (nSPS) is 8.50. The molecule has 1 heterocycles. The number of hydrogen-bond donors (Lipinski definition) is 3. The van der Waals surface area contributed by atoms with Crippen LogP contribution in [0.1, 0.15) is 30.2 Å². The van der Waals surface area contributed by atoms with Gasteiger partial charge in [0.15, 0.2) is 0 Å². The summed E-state index contributed by atoms with van der Waals surface area (Å²) in [5, 5.41) is 50.3. The van der Waals surface area contributed by atoms with Crippen molar-refractivity contribution >= 4 is 17.4 Å². The van der Waals surface area contributed by atoms with Gasteiger partial charge in [0.25, 0.3) is 0 Å². The fraction of sp³-hybridized carbons (Fsp3) is 0.200. The number of amides is 2. The molecule has 0 fully saturated rings. The van der Waals surface area contributed by atoms with Gasteiger partial charge in [0.1, 0.15) is 52.9 Å². The van der Waals surface area contributed by atoms with E-state index in [4.69, 9.17) is 10.5 Å². The van der Waals surface area contributed by atoms with E-state index >= 15 is 0 Å². The summed E-state index contributed by atoms with van der Waals surface area (Å²) < 4.78 is 0. The molecule has 1 aromatic rings. The van der Waals surface area contributed by atoms with Gasteiger partial charge < -0.3 is 10.3 Å². The van der Waals surface area contributed by atoms with Crippen molar-refractivity contribution in [1.82, 2.24) is 10.3 Å². The number of nitrogens with zero attached hydrogens (tertiary/aromatic N) is 5. The number of nitrogens with one attached hydrogen (secondary N) is 3. The first-order valence-electron chi connectivity index (χ1n) is 6.63. The first-order valence-corrected chi connectivity index (χ1v) is 6.63. The minimum Gasteiger partial charge on any atom is -0.338 e. The van der Waals surface area contributed by atoms with Crippen molar-refractivity contribution in [1.29, 1.82) is 26.3 Å². The lowest BCUT2D eigenvalue weighted by Gasteiger charge is -2.04. The van der Waals surface area contributed by atoms with Crippen LogP contribution in [0.2, 0.25) is 0 Å². The molecule has 0 saturated carbocycles. The van der Waals surface area contributed by atoms with Crippen LogP contribution in [-0.4, -0.2) is 17.6 Å². The highest BCUT2D eigenvalue weighted by molar-refractivity contribution is 5.93. The van der Waals surface area contributed by atoms with Gasteiger partial charge >= 0.3 is 6.03 Å². The predicted molar refractivity (Wildman–Crippen MR) is 81.3 cm³/mol. The van der Waals surface area contributed by atoms with E-state index in [1.807, 2.05) is 6.92 Å². The summed E-state index contributed by atoms with van der Waals surface area (Å²) in [7, 11) is 0. The number of aromatic amines is 1. The molecule has 9 heteroatoms. The maximum Gasteiger partial charge on any atom is 0.320 e. The number of nitriles is 5. The molecule has 2 amide bonds. The Kier molecular flexibility index (Phi) is 6.11. The molecule has 0 unspecified atom stereocenters. The van der Waals surface area contributed by atoms with Gasteiger partial charge in [0, 0.05) is 6.54 Å². The number of carbonyl (C=O) groups is 1. The van der Waals surface area contributed by atoms with Gasteiger partial charge in [0.2, 0.25) is 0 Å². The second-order valence-electron chi connectivity index (χ2n) is 4.31. The van der Waals surface area contributed by atoms with Crippen LogP contribution in [0.4, 0.5) is 10.6 Å². The SMILES string of the molecule is CCCNC(=O)Nc1[nH]c(C(C#N)=C(C#N)C#N)c(C#N)c1C#N. The van der Waals surface area contributed by atoms with Crippen molar-refractivity contribution in [3.8, 4) is 30.3 Å². The molecule has 0 bridgehead atoms. The molecule has 116 valence electrons. The zero-order chi connectivity index (χ0) is 18.1. The van der Waals surface area contributed by atoms with Crippen LogP contribution in [0, 0.1) is 56.7 Å². The minimum atomic E-state index is -0.603. The van der Waals surface area contributed by atoms with Crippen molar-refractivity contribution in [3.63, 3.8) is 0 Å². The van der Waals surface area contributed by atoms with Gasteiger partial charge in [-0.15, -0.1) is 0 Å². The third-order valence-corrected chi connectivity index (χ3v) is 2.83. The Hall–Kier alpha value is -4.26. The minimum absolute atomic E-state index is 0.0966. The van der Waals surface area contributed by atoms with Crippen LogP contribution in [0.5, 0.6) is 0 Å². The molecular formula is C15H10N8O. The van der Waals surface area contributed by atoms with Crippen LogP contribution in [-0.2, 0) is 0 Å². The second-order valence-corrected chi connectivity index (χ2v) is 4.31. The Morgan fingerprint density at radius 3 is 2.12 bits per heavy atom. The van der Waals surface area contributed by atoms with E-state index in [9.17, 15) is 20.6 Å². The molecular weight excluding hydrogens is 308 g/mol. The second kappa shape index (κ2) is 8.25. The van der Waals surface area contributed by atoms with Gasteiger partial charge in [-0.05, 0) is 6.42 Å². The van der Waals surface area contributed by atoms with Gasteiger partial charge in [0.05, 0.1) is 11.3 Å². The Bertz CT molecular complexity index is 886. The molecule has 0 spiro atoms. The van der Waals surface area contributed by atoms with Crippen molar-refractivity contribution in [2.75, 3.05) is 11.9 Å². The average Bonchev–Trinajstić information content (AvgIpc) is 2.94. The topological polar surface area (TPSA) is 176 Å². The molecule has 0 radical (unpaired) electrons. The fourth-order valence-corrected chi connectivity index (χ4v) is 1.77. The number of rotatable bonds is 4. The number of hydrogen-bond acceptors (Lipinski definition) is 6. The van der Waals surface area contributed by atoms with Crippen molar-refractivity contribution < 1.29 is 4.79 Å². The number of aromatic nitrogens is 1. The Balaban J connectivity index is 3.50. The summed E-state index contributed by atoms with van der Waals surface area (Å²) >= 11 is 0. The molecule has 1 rings (SSSR count). The van der Waals surface area contributed by atoms with E-state index in [1.54, 1.807) is 30.3 Å². The molecule has 24 heavy (non-hydrogen) atoms. The van der Waals surface area contributed by atoms with E-state index < -0.39 is 11.6 Å². The highest BCUT2D eigenvalue weighted by Crippen LogP contribution is 2.28. The maximum absolute atomic E-state index is 11.7. The predicted octanol–water partition coefficient (Wildman–Crippen LogP) is 1.61. The zero-order valence-corrected chi connectivity index (χ0v) is 12.6. The number of allylic oxidation sites excluding steroid dienone is 2. The lowest BCUT2D eigenvalue weighted by atomic mass is 10.0. The third kappa shape index (κ3) is 3.49. The first-order chi connectivity index (χ1) is 11.6. The summed E-state index contributed by atoms with van der Waals surface area (Å²) in [5.74, 6) is -0.0966. The number of urea groups is 1. The van der Waals surface area contributed by atoms with Crippen molar-refractivity contribution in [3.05, 3.63) is 22.4 Å². The molecule has 0 aliphatic heterocycles. The van der Waals surface area contributed by atoms with Crippen LogP contribution in [0.25, 0.3) is 5.57 Å². The molecule has 0 atom stereocenters. The van der Waals surface area contributed by atoms with E-state index in [-0.39, 0.29) is 28.2 Å². The van der Waals surface area contributed by atoms with Crippen LogP contribution < -0.4 is 10.6 Å². The monoisotopic (exact) mass is 318 g/mol. The molecule has 0 aliphatic rings. The summed E-state index contributed by atoms with van der Waals surface area (Å²) in [6.45, 7) is 2.26. The smallest absolute Gasteiger partial charge is 0.320 e. The molecule has 1 aromatic heterocycles. The van der Waals surface area contributed by atoms with E-state index in [2.05, 4.69) is 15.6 Å². The van der Waals surface area contributed by atoms with E-state index in [0.29, 0.717) is 13.0 Å². The van der Waals surface area contributed by atoms with Gasteiger partial charge in [-0.25, -0.2) is 4.79 Å². The zero-order valence-electron chi connectivity index (χ0n) is 12.6. The summed E-state index contributed by atoms with van der Waals surface area (Å²) in [5.41, 5.74) is -1.48. The highest BCUT2D eigenvalue weighted by atomic mass is 16.2. The molecule has 0 aromatic carbocycles. The lowest BCUT2D eigenvalue weighted by Crippen LogP contribution is -2.29. The van der Waals surface area contributed by atoms with E-state index in [0.717, 1.165) is 0 Å².